The number of aromatic amines is 1. The summed E-state index contributed by atoms with van der Waals surface area (Å²) in [6.07, 6.45) is 5.25. The number of imidazole rings is 1. The molecule has 236 valence electrons. The fourth-order valence-corrected chi connectivity index (χ4v) is 3.82. The molecular formula is C24H45N13O5. The molecule has 0 aliphatic heterocycles. The second kappa shape index (κ2) is 19.6. The summed E-state index contributed by atoms with van der Waals surface area (Å²) in [6, 6.07) is -4.44. The van der Waals surface area contributed by atoms with Crippen LogP contribution in [0.4, 0.5) is 0 Å². The average Bonchev–Trinajstić information content (AvgIpc) is 3.44. The van der Waals surface area contributed by atoms with Crippen molar-refractivity contribution in [3.63, 3.8) is 0 Å². The Balaban J connectivity index is 3.07. The number of unbranched alkanes of at least 4 members (excludes halogenated alkanes) is 1. The molecule has 1 heterocycles. The normalized spacial score (nSPS) is 13.6. The molecule has 1 rings (SSSR count). The topological polar surface area (TPSA) is 334 Å². The maximum atomic E-state index is 13.4. The lowest BCUT2D eigenvalue weighted by Crippen LogP contribution is -2.57. The fourth-order valence-electron chi connectivity index (χ4n) is 3.82. The SMILES string of the molecule is NCCCCC(N)C(=O)NC(CCCN=C(N)N)C(=O)NC(CCCN=C(N)N)C(=O)NC(Cc1cnc[nH]1)C(=O)O. The number of nitrogens with two attached hydrogens (primary N) is 6. The number of H-pyrrole nitrogens is 1. The van der Waals surface area contributed by atoms with Gasteiger partial charge in [-0.15, -0.1) is 0 Å². The average molecular weight is 596 g/mol. The summed E-state index contributed by atoms with van der Waals surface area (Å²) in [5.41, 5.74) is 33.4. The number of aliphatic carboxylic acids is 1. The minimum Gasteiger partial charge on any atom is -0.480 e. The Labute approximate surface area is 243 Å². The summed E-state index contributed by atoms with van der Waals surface area (Å²) >= 11 is 0. The van der Waals surface area contributed by atoms with Crippen LogP contribution in [0.3, 0.4) is 0 Å². The lowest BCUT2D eigenvalue weighted by molar-refractivity contribution is -0.142. The molecule has 0 fully saturated rings. The van der Waals surface area contributed by atoms with E-state index in [4.69, 9.17) is 34.4 Å². The Hall–Kier alpha value is -4.45. The first-order valence-corrected chi connectivity index (χ1v) is 13.6. The van der Waals surface area contributed by atoms with Crippen LogP contribution in [-0.4, -0.2) is 94.5 Å². The first kappa shape index (κ1) is 35.6. The van der Waals surface area contributed by atoms with Crippen LogP contribution in [0.1, 0.15) is 50.6 Å². The minimum absolute atomic E-state index is 0.0675. The van der Waals surface area contributed by atoms with Gasteiger partial charge in [-0.25, -0.2) is 9.78 Å². The van der Waals surface area contributed by atoms with Gasteiger partial charge in [-0.1, -0.05) is 6.42 Å². The number of rotatable bonds is 21. The van der Waals surface area contributed by atoms with Crippen LogP contribution in [0.25, 0.3) is 0 Å². The standard InChI is InChI=1S/C24H45N13O5/c25-8-2-1-5-15(26)19(38)35-16(6-3-9-32-23(27)28)20(39)36-17(7-4-10-33-24(29)30)21(40)37-18(22(41)42)11-14-12-31-13-34-14/h12-13,15-18H,1-11,25-26H2,(H,31,34)(H,35,38)(H,36,39)(H,37,40)(H,41,42)(H4,27,28,32)(H4,29,30,33). The number of amides is 3. The van der Waals surface area contributed by atoms with Crippen LogP contribution in [0, 0.1) is 0 Å². The second-order valence-corrected chi connectivity index (χ2v) is 9.59. The zero-order valence-electron chi connectivity index (χ0n) is 23.6. The van der Waals surface area contributed by atoms with Crippen LogP contribution in [0.5, 0.6) is 0 Å². The number of carboxylic acids is 1. The predicted octanol–water partition coefficient (Wildman–Crippen LogP) is -3.95. The van der Waals surface area contributed by atoms with Gasteiger partial charge in [0.25, 0.3) is 0 Å². The number of nitrogens with zero attached hydrogens (tertiary/aromatic N) is 3. The first-order valence-electron chi connectivity index (χ1n) is 13.6. The molecule has 0 aromatic carbocycles. The molecule has 18 nitrogen and oxygen atoms in total. The van der Waals surface area contributed by atoms with E-state index in [1.54, 1.807) is 0 Å². The van der Waals surface area contributed by atoms with Gasteiger partial charge in [0.2, 0.25) is 17.7 Å². The zero-order chi connectivity index (χ0) is 31.5. The number of nitrogens with one attached hydrogen (secondary N) is 4. The molecule has 42 heavy (non-hydrogen) atoms. The molecule has 17 N–H and O–H groups in total. The first-order chi connectivity index (χ1) is 19.9. The van der Waals surface area contributed by atoms with Crippen LogP contribution in [0.15, 0.2) is 22.5 Å². The maximum Gasteiger partial charge on any atom is 0.326 e. The second-order valence-electron chi connectivity index (χ2n) is 9.59. The molecule has 1 aromatic rings. The molecular weight excluding hydrogens is 550 g/mol. The van der Waals surface area contributed by atoms with Crippen molar-refractivity contribution in [2.24, 2.45) is 44.4 Å². The third kappa shape index (κ3) is 14.8. The quantitative estimate of drug-likeness (QED) is 0.0368. The van der Waals surface area contributed by atoms with Gasteiger partial charge in [0.15, 0.2) is 11.9 Å². The smallest absolute Gasteiger partial charge is 0.326 e. The maximum absolute atomic E-state index is 13.4. The molecule has 0 saturated carbocycles. The van der Waals surface area contributed by atoms with Gasteiger partial charge in [-0.3, -0.25) is 24.4 Å². The van der Waals surface area contributed by atoms with Gasteiger partial charge in [0.05, 0.1) is 12.4 Å². The minimum atomic E-state index is -1.31. The third-order valence-corrected chi connectivity index (χ3v) is 6.06. The van der Waals surface area contributed by atoms with Crippen LogP contribution >= 0.6 is 0 Å². The number of hydrogen-bond donors (Lipinski definition) is 11. The van der Waals surface area contributed by atoms with Crippen LogP contribution < -0.4 is 50.4 Å². The summed E-state index contributed by atoms with van der Waals surface area (Å²) in [4.78, 5) is 65.6. The Bertz CT molecular complexity index is 1040. The van der Waals surface area contributed by atoms with Crippen LogP contribution in [0.2, 0.25) is 0 Å². The molecule has 0 aliphatic carbocycles. The number of carboxylic acid groups (broad SMARTS) is 1. The van der Waals surface area contributed by atoms with E-state index in [0.717, 1.165) is 0 Å². The fraction of sp³-hybridized carbons (Fsp3) is 0.625. The number of hydrogen-bond acceptors (Lipinski definition) is 9. The molecule has 4 atom stereocenters. The summed E-state index contributed by atoms with van der Waals surface area (Å²) < 4.78 is 0. The lowest BCUT2D eigenvalue weighted by Gasteiger charge is -2.25. The van der Waals surface area contributed by atoms with Crippen molar-refractivity contribution >= 4 is 35.6 Å². The van der Waals surface area contributed by atoms with Gasteiger partial charge in [0.1, 0.15) is 18.1 Å². The van der Waals surface area contributed by atoms with Crippen molar-refractivity contribution in [3.05, 3.63) is 18.2 Å². The van der Waals surface area contributed by atoms with Crippen molar-refractivity contribution in [2.45, 2.75) is 75.5 Å². The van der Waals surface area contributed by atoms with Crippen LogP contribution in [-0.2, 0) is 25.6 Å². The Morgan fingerprint density at radius 2 is 1.33 bits per heavy atom. The number of guanidine groups is 2. The van der Waals surface area contributed by atoms with Crippen molar-refractivity contribution in [1.82, 2.24) is 25.9 Å². The highest BCUT2D eigenvalue weighted by Crippen LogP contribution is 2.07. The van der Waals surface area contributed by atoms with E-state index in [0.29, 0.717) is 37.9 Å². The molecule has 0 bridgehead atoms. The number of aliphatic imine (C=N–C) groups is 2. The van der Waals surface area contributed by atoms with E-state index in [1.807, 2.05) is 0 Å². The molecule has 0 saturated heterocycles. The Kier molecular flexibility index (Phi) is 16.6. The van der Waals surface area contributed by atoms with E-state index in [-0.39, 0.29) is 50.7 Å². The van der Waals surface area contributed by atoms with Gasteiger partial charge in [0, 0.05) is 31.4 Å². The molecule has 1 aromatic heterocycles. The highest BCUT2D eigenvalue weighted by atomic mass is 16.4. The summed E-state index contributed by atoms with van der Waals surface area (Å²) in [7, 11) is 0. The zero-order valence-corrected chi connectivity index (χ0v) is 23.6. The van der Waals surface area contributed by atoms with E-state index in [2.05, 4.69) is 35.9 Å². The molecule has 18 heteroatoms. The Morgan fingerprint density at radius 3 is 1.79 bits per heavy atom. The number of aromatic nitrogens is 2. The summed E-state index contributed by atoms with van der Waals surface area (Å²) in [6.45, 7) is 0.817. The molecule has 0 spiro atoms. The summed E-state index contributed by atoms with van der Waals surface area (Å²) in [5, 5.41) is 17.4. The molecule has 0 aliphatic rings. The lowest BCUT2D eigenvalue weighted by atomic mass is 10.0. The van der Waals surface area contributed by atoms with E-state index in [9.17, 15) is 24.3 Å². The van der Waals surface area contributed by atoms with E-state index >= 15 is 0 Å². The van der Waals surface area contributed by atoms with E-state index in [1.165, 1.54) is 12.5 Å². The predicted molar refractivity (Wildman–Crippen MR) is 156 cm³/mol. The number of carbonyl (C=O) groups excluding carboxylic acids is 3. The van der Waals surface area contributed by atoms with Gasteiger partial charge >= 0.3 is 5.97 Å². The number of carbonyl (C=O) groups is 4. The van der Waals surface area contributed by atoms with Crippen molar-refractivity contribution in [3.8, 4) is 0 Å². The van der Waals surface area contributed by atoms with Gasteiger partial charge in [-0.05, 0) is 45.1 Å². The highest BCUT2D eigenvalue weighted by molar-refractivity contribution is 5.94. The monoisotopic (exact) mass is 595 g/mol. The third-order valence-electron chi connectivity index (χ3n) is 6.06. The van der Waals surface area contributed by atoms with Gasteiger partial charge < -0.3 is 60.4 Å². The van der Waals surface area contributed by atoms with Crippen molar-refractivity contribution < 1.29 is 24.3 Å². The highest BCUT2D eigenvalue weighted by Gasteiger charge is 2.30. The van der Waals surface area contributed by atoms with Gasteiger partial charge in [-0.2, -0.15) is 0 Å². The molecule has 3 amide bonds. The molecule has 0 radical (unpaired) electrons. The largest absolute Gasteiger partial charge is 0.480 e. The van der Waals surface area contributed by atoms with Crippen molar-refractivity contribution in [1.29, 1.82) is 0 Å². The van der Waals surface area contributed by atoms with Crippen molar-refractivity contribution in [2.75, 3.05) is 19.6 Å². The summed E-state index contributed by atoms with van der Waals surface area (Å²) in [5.74, 6) is -3.52. The Morgan fingerprint density at radius 1 is 0.810 bits per heavy atom. The molecule has 4 unspecified atom stereocenters. The van der Waals surface area contributed by atoms with E-state index < -0.39 is 47.9 Å².